The number of likely N-dealkylation sites (N-methyl/N-ethyl adjacent to an activating group) is 1. The van der Waals surface area contributed by atoms with Crippen molar-refractivity contribution < 1.29 is 18.7 Å². The summed E-state index contributed by atoms with van der Waals surface area (Å²) in [5.74, 6) is -1.47. The first-order chi connectivity index (χ1) is 18.1. The lowest BCUT2D eigenvalue weighted by molar-refractivity contribution is -0.116. The van der Waals surface area contributed by atoms with Gasteiger partial charge in [-0.1, -0.05) is 29.3 Å². The van der Waals surface area contributed by atoms with Crippen LogP contribution in [-0.4, -0.2) is 42.3 Å². The lowest BCUT2D eigenvalue weighted by atomic mass is 10.2. The van der Waals surface area contributed by atoms with Gasteiger partial charge in [0.25, 0.3) is 5.91 Å². The predicted molar refractivity (Wildman–Crippen MR) is 144 cm³/mol. The summed E-state index contributed by atoms with van der Waals surface area (Å²) < 4.78 is 20.8. The third kappa shape index (κ3) is 6.42. The average Bonchev–Trinajstić information content (AvgIpc) is 3.28. The highest BCUT2D eigenvalue weighted by molar-refractivity contribution is 6.32. The second kappa shape index (κ2) is 11.5. The fraction of sp³-hybridized carbons (Fsp3) is 0.148. The number of nitrogens with zero attached hydrogens (tertiary/aromatic N) is 2. The highest BCUT2D eigenvalue weighted by Gasteiger charge is 2.17. The number of aromatic amines is 1. The van der Waals surface area contributed by atoms with Gasteiger partial charge in [0, 0.05) is 33.7 Å². The van der Waals surface area contributed by atoms with Crippen molar-refractivity contribution in [1.29, 1.82) is 5.26 Å². The molecule has 2 amide bonds. The van der Waals surface area contributed by atoms with E-state index in [2.05, 4.69) is 15.6 Å². The number of nitriles is 1. The zero-order valence-electron chi connectivity index (χ0n) is 20.4. The second-order valence-corrected chi connectivity index (χ2v) is 9.54. The zero-order chi connectivity index (χ0) is 27.4. The number of anilines is 1. The van der Waals surface area contributed by atoms with Gasteiger partial charge in [0.1, 0.15) is 11.4 Å². The minimum absolute atomic E-state index is 0.0140. The highest BCUT2D eigenvalue weighted by Crippen LogP contribution is 2.35. The SMILES string of the molecule is CN(C)CC(=O)Nc1ccc2[nH]c(C(=O)NCc3ccc(Cl)c(Oc4cc(Cl)cc(C#N)c4)c3F)cc2c1. The van der Waals surface area contributed by atoms with Crippen molar-refractivity contribution in [2.45, 2.75) is 6.54 Å². The Morgan fingerprint density at radius 1 is 1.11 bits per heavy atom. The number of ether oxygens (including phenoxy) is 1. The monoisotopic (exact) mass is 553 g/mol. The summed E-state index contributed by atoms with van der Waals surface area (Å²) in [6.07, 6.45) is 0. The van der Waals surface area contributed by atoms with Gasteiger partial charge in [0.15, 0.2) is 11.6 Å². The van der Waals surface area contributed by atoms with Crippen LogP contribution in [0.2, 0.25) is 10.0 Å². The quantitative estimate of drug-likeness (QED) is 0.259. The van der Waals surface area contributed by atoms with Crippen molar-refractivity contribution in [1.82, 2.24) is 15.2 Å². The van der Waals surface area contributed by atoms with Gasteiger partial charge in [-0.3, -0.25) is 9.59 Å². The summed E-state index contributed by atoms with van der Waals surface area (Å²) in [5.41, 5.74) is 1.96. The zero-order valence-corrected chi connectivity index (χ0v) is 21.9. The van der Waals surface area contributed by atoms with Gasteiger partial charge in [-0.25, -0.2) is 4.39 Å². The van der Waals surface area contributed by atoms with Crippen LogP contribution in [0, 0.1) is 17.1 Å². The first kappa shape index (κ1) is 26.9. The molecule has 0 aliphatic rings. The van der Waals surface area contributed by atoms with Crippen molar-refractivity contribution in [3.05, 3.63) is 87.3 Å². The summed E-state index contributed by atoms with van der Waals surface area (Å²) >= 11 is 12.2. The van der Waals surface area contributed by atoms with Crippen LogP contribution >= 0.6 is 23.2 Å². The molecule has 0 unspecified atom stereocenters. The molecule has 1 aromatic heterocycles. The number of rotatable bonds is 8. The Hall–Kier alpha value is -4.10. The molecule has 8 nitrogen and oxygen atoms in total. The fourth-order valence-corrected chi connectivity index (χ4v) is 4.11. The van der Waals surface area contributed by atoms with Crippen LogP contribution in [0.5, 0.6) is 11.5 Å². The first-order valence-corrected chi connectivity index (χ1v) is 12.1. The third-order valence-corrected chi connectivity index (χ3v) is 5.91. The van der Waals surface area contributed by atoms with E-state index >= 15 is 4.39 Å². The number of nitrogens with one attached hydrogen (secondary N) is 3. The molecule has 0 fully saturated rings. The van der Waals surface area contributed by atoms with E-state index in [4.69, 9.17) is 33.2 Å². The van der Waals surface area contributed by atoms with Crippen LogP contribution in [0.1, 0.15) is 21.6 Å². The van der Waals surface area contributed by atoms with Crippen LogP contribution < -0.4 is 15.4 Å². The molecule has 4 rings (SSSR count). The topological polar surface area (TPSA) is 110 Å². The molecule has 0 aliphatic heterocycles. The van der Waals surface area contributed by atoms with E-state index in [1.807, 2.05) is 6.07 Å². The summed E-state index contributed by atoms with van der Waals surface area (Å²) in [4.78, 5) is 29.6. The van der Waals surface area contributed by atoms with Crippen LogP contribution in [0.25, 0.3) is 10.9 Å². The Bertz CT molecular complexity index is 1580. The summed E-state index contributed by atoms with van der Waals surface area (Å²) in [6, 6.07) is 16.0. The van der Waals surface area contributed by atoms with Crippen LogP contribution in [0.15, 0.2) is 54.6 Å². The molecule has 3 N–H and O–H groups in total. The highest BCUT2D eigenvalue weighted by atomic mass is 35.5. The first-order valence-electron chi connectivity index (χ1n) is 11.3. The number of benzene rings is 3. The van der Waals surface area contributed by atoms with E-state index in [9.17, 15) is 9.59 Å². The Morgan fingerprint density at radius 2 is 1.89 bits per heavy atom. The molecule has 194 valence electrons. The maximum absolute atomic E-state index is 15.2. The van der Waals surface area contributed by atoms with E-state index in [0.29, 0.717) is 11.2 Å². The molecule has 4 aromatic rings. The van der Waals surface area contributed by atoms with Gasteiger partial charge < -0.3 is 25.3 Å². The number of carbonyl (C=O) groups is 2. The number of H-pyrrole nitrogens is 1. The molecule has 1 heterocycles. The van der Waals surface area contributed by atoms with E-state index in [1.165, 1.54) is 30.3 Å². The summed E-state index contributed by atoms with van der Waals surface area (Å²) in [6.45, 7) is 0.102. The van der Waals surface area contributed by atoms with Gasteiger partial charge in [0.2, 0.25) is 5.91 Å². The standard InChI is InChI=1S/C27H22Cl2FN5O3/c1-35(2)14-24(36)33-19-4-6-22-17(9-19)10-23(34-22)27(37)32-13-16-3-5-21(29)26(25(16)30)38-20-8-15(12-31)7-18(28)11-20/h3-11,34H,13-14H2,1-2H3,(H,32,37)(H,33,36). The molecular weight excluding hydrogens is 532 g/mol. The Balaban J connectivity index is 1.47. The van der Waals surface area contributed by atoms with Crippen molar-refractivity contribution in [2.24, 2.45) is 0 Å². The lowest BCUT2D eigenvalue weighted by Gasteiger charge is -2.13. The molecule has 0 aliphatic carbocycles. The van der Waals surface area contributed by atoms with Gasteiger partial charge in [-0.05, 0) is 62.6 Å². The Morgan fingerprint density at radius 3 is 2.63 bits per heavy atom. The van der Waals surface area contributed by atoms with Crippen molar-refractivity contribution >= 4 is 51.6 Å². The molecule has 0 saturated carbocycles. The number of aromatic nitrogens is 1. The van der Waals surface area contributed by atoms with Crippen LogP contribution in [-0.2, 0) is 11.3 Å². The molecular formula is C27H22Cl2FN5O3. The van der Waals surface area contributed by atoms with Crippen molar-refractivity contribution in [3.63, 3.8) is 0 Å². The lowest BCUT2D eigenvalue weighted by Crippen LogP contribution is -2.27. The minimum atomic E-state index is -0.758. The number of hydrogen-bond acceptors (Lipinski definition) is 5. The predicted octanol–water partition coefficient (Wildman–Crippen LogP) is 5.71. The van der Waals surface area contributed by atoms with Crippen LogP contribution in [0.4, 0.5) is 10.1 Å². The third-order valence-electron chi connectivity index (χ3n) is 5.40. The van der Waals surface area contributed by atoms with E-state index in [0.717, 1.165) is 5.39 Å². The van der Waals surface area contributed by atoms with E-state index < -0.39 is 11.7 Å². The minimum Gasteiger partial charge on any atom is -0.453 e. The number of halogens is 3. The molecule has 0 bridgehead atoms. The Kier molecular flexibility index (Phi) is 8.17. The summed E-state index contributed by atoms with van der Waals surface area (Å²) in [5, 5.41) is 15.6. The molecule has 3 aromatic carbocycles. The van der Waals surface area contributed by atoms with Gasteiger partial charge >= 0.3 is 0 Å². The van der Waals surface area contributed by atoms with Crippen molar-refractivity contribution in [3.8, 4) is 17.6 Å². The fourth-order valence-electron chi connectivity index (χ4n) is 3.70. The number of hydrogen-bond donors (Lipinski definition) is 3. The molecule has 0 saturated heterocycles. The maximum Gasteiger partial charge on any atom is 0.267 e. The second-order valence-electron chi connectivity index (χ2n) is 8.69. The number of fused-ring (bicyclic) bond motifs is 1. The van der Waals surface area contributed by atoms with Gasteiger partial charge in [0.05, 0.1) is 23.2 Å². The van der Waals surface area contributed by atoms with Gasteiger partial charge in [-0.15, -0.1) is 0 Å². The molecule has 0 spiro atoms. The molecule has 0 radical (unpaired) electrons. The summed E-state index contributed by atoms with van der Waals surface area (Å²) in [7, 11) is 3.60. The normalized spacial score (nSPS) is 10.9. The smallest absolute Gasteiger partial charge is 0.267 e. The number of amides is 2. The molecule has 38 heavy (non-hydrogen) atoms. The largest absolute Gasteiger partial charge is 0.453 e. The van der Waals surface area contributed by atoms with Crippen LogP contribution in [0.3, 0.4) is 0 Å². The molecule has 0 atom stereocenters. The van der Waals surface area contributed by atoms with E-state index in [-0.39, 0.29) is 57.4 Å². The van der Waals surface area contributed by atoms with E-state index in [1.54, 1.807) is 43.3 Å². The van der Waals surface area contributed by atoms with Crippen molar-refractivity contribution in [2.75, 3.05) is 26.0 Å². The van der Waals surface area contributed by atoms with Gasteiger partial charge in [-0.2, -0.15) is 5.26 Å². The average molecular weight is 554 g/mol. The Labute approximate surface area is 227 Å². The molecule has 11 heteroatoms. The number of carbonyl (C=O) groups excluding carboxylic acids is 2. The maximum atomic E-state index is 15.2.